The van der Waals surface area contributed by atoms with Gasteiger partial charge < -0.3 is 9.90 Å². The lowest BCUT2D eigenvalue weighted by atomic mass is 10.2. The zero-order chi connectivity index (χ0) is 15.1. The smallest absolute Gasteiger partial charge is 0.0754 e. The number of hydrazone groups is 1. The normalized spacial score (nSPS) is 11.1. The molecule has 0 atom stereocenters. The molecule has 4 nitrogen and oxygen atoms in total. The highest BCUT2D eigenvalue weighted by molar-refractivity contribution is 6.33. The van der Waals surface area contributed by atoms with Crippen LogP contribution < -0.4 is 10.5 Å². The van der Waals surface area contributed by atoms with Gasteiger partial charge in [-0.05, 0) is 29.3 Å². The molecular weight excluding hydrogens is 288 g/mol. The Bertz CT molecular complexity index is 682. The van der Waals surface area contributed by atoms with Gasteiger partial charge in [-0.2, -0.15) is 5.10 Å². The Hall–Kier alpha value is -2.59. The number of carboxylic acids is 1. The van der Waals surface area contributed by atoms with E-state index in [1.807, 2.05) is 36.4 Å². The maximum atomic E-state index is 10.8. The number of hydrogen-bond acceptors (Lipinski definition) is 4. The van der Waals surface area contributed by atoms with Crippen molar-refractivity contribution in [3.63, 3.8) is 0 Å². The summed E-state index contributed by atoms with van der Waals surface area (Å²) in [6.45, 7) is 0. The minimum absolute atomic E-state index is 0.0388. The monoisotopic (exact) mass is 299 g/mol. The van der Waals surface area contributed by atoms with Crippen LogP contribution in [0.2, 0.25) is 5.02 Å². The third-order valence-electron chi connectivity index (χ3n) is 2.64. The van der Waals surface area contributed by atoms with Crippen molar-refractivity contribution in [2.24, 2.45) is 5.10 Å². The standard InChI is InChI=1S/C16H13ClN2O2/c17-14-9-8-13(16(20)21)11-15(14)19-18-10-4-7-12-5-2-1-3-6-12/h1-11,19H,(H,20,21)/p-1/b7-4+,18-10-. The average Bonchev–Trinajstić information content (AvgIpc) is 2.49. The van der Waals surface area contributed by atoms with Crippen molar-refractivity contribution < 1.29 is 9.90 Å². The summed E-state index contributed by atoms with van der Waals surface area (Å²) < 4.78 is 0. The summed E-state index contributed by atoms with van der Waals surface area (Å²) in [6, 6.07) is 14.0. The number of allylic oxidation sites excluding steroid dienone is 1. The summed E-state index contributed by atoms with van der Waals surface area (Å²) >= 11 is 5.94. The Balaban J connectivity index is 1.99. The second kappa shape index (κ2) is 7.26. The van der Waals surface area contributed by atoms with Crippen molar-refractivity contribution in [1.29, 1.82) is 0 Å². The van der Waals surface area contributed by atoms with Gasteiger partial charge in [0.05, 0.1) is 16.7 Å². The number of aromatic carboxylic acids is 1. The first-order valence-corrected chi connectivity index (χ1v) is 6.56. The molecule has 0 aliphatic heterocycles. The Kier molecular flexibility index (Phi) is 5.12. The molecule has 1 N–H and O–H groups in total. The second-order valence-electron chi connectivity index (χ2n) is 4.14. The third kappa shape index (κ3) is 4.47. The SMILES string of the molecule is O=C([O-])c1ccc(Cl)c(N/N=C\C=C\c2ccccc2)c1. The number of nitrogens with one attached hydrogen (secondary N) is 1. The molecule has 0 spiro atoms. The molecule has 0 aromatic heterocycles. The largest absolute Gasteiger partial charge is 0.545 e. The molecule has 0 bridgehead atoms. The molecule has 5 heteroatoms. The number of anilines is 1. The van der Waals surface area contributed by atoms with E-state index in [9.17, 15) is 9.90 Å². The molecule has 0 heterocycles. The highest BCUT2D eigenvalue weighted by atomic mass is 35.5. The number of nitrogens with zero attached hydrogens (tertiary/aromatic N) is 1. The molecule has 0 unspecified atom stereocenters. The molecule has 0 radical (unpaired) electrons. The van der Waals surface area contributed by atoms with Gasteiger partial charge in [0.1, 0.15) is 0 Å². The van der Waals surface area contributed by atoms with Crippen molar-refractivity contribution in [3.8, 4) is 0 Å². The zero-order valence-corrected chi connectivity index (χ0v) is 11.7. The van der Waals surface area contributed by atoms with E-state index >= 15 is 0 Å². The van der Waals surface area contributed by atoms with Gasteiger partial charge in [-0.15, -0.1) is 0 Å². The highest BCUT2D eigenvalue weighted by Gasteiger charge is 2.01. The van der Waals surface area contributed by atoms with Crippen LogP contribution in [0.4, 0.5) is 5.69 Å². The molecule has 0 saturated carbocycles. The van der Waals surface area contributed by atoms with Gasteiger partial charge in [0, 0.05) is 6.21 Å². The predicted molar refractivity (Wildman–Crippen MR) is 83.4 cm³/mol. The minimum atomic E-state index is -1.26. The molecule has 106 valence electrons. The molecule has 21 heavy (non-hydrogen) atoms. The zero-order valence-electron chi connectivity index (χ0n) is 11.0. The number of carboxylic acid groups (broad SMARTS) is 1. The summed E-state index contributed by atoms with van der Waals surface area (Å²) in [6.07, 6.45) is 5.21. The van der Waals surface area contributed by atoms with E-state index in [0.29, 0.717) is 10.7 Å². The highest BCUT2D eigenvalue weighted by Crippen LogP contribution is 2.22. The van der Waals surface area contributed by atoms with Gasteiger partial charge >= 0.3 is 0 Å². The van der Waals surface area contributed by atoms with E-state index in [0.717, 1.165) is 5.56 Å². The molecule has 2 aromatic carbocycles. The summed E-state index contributed by atoms with van der Waals surface area (Å²) in [5, 5.41) is 15.1. The summed E-state index contributed by atoms with van der Waals surface area (Å²) in [4.78, 5) is 10.8. The Labute approximate surface area is 127 Å². The van der Waals surface area contributed by atoms with Crippen molar-refractivity contribution in [2.75, 3.05) is 5.43 Å². The van der Waals surface area contributed by atoms with E-state index in [1.54, 1.807) is 12.3 Å². The van der Waals surface area contributed by atoms with Gasteiger partial charge in [0.25, 0.3) is 0 Å². The molecule has 0 aliphatic carbocycles. The molecule has 0 saturated heterocycles. The van der Waals surface area contributed by atoms with Crippen LogP contribution in [0.5, 0.6) is 0 Å². The van der Waals surface area contributed by atoms with Crippen LogP contribution in [0.1, 0.15) is 15.9 Å². The number of rotatable bonds is 5. The fourth-order valence-corrected chi connectivity index (χ4v) is 1.77. The molecule has 0 amide bonds. The van der Waals surface area contributed by atoms with Crippen LogP contribution in [-0.4, -0.2) is 12.2 Å². The Morgan fingerprint density at radius 1 is 1.19 bits per heavy atom. The average molecular weight is 300 g/mol. The van der Waals surface area contributed by atoms with Crippen molar-refractivity contribution >= 4 is 35.5 Å². The lowest BCUT2D eigenvalue weighted by Gasteiger charge is -2.07. The van der Waals surface area contributed by atoms with Gasteiger partial charge in [0.15, 0.2) is 0 Å². The van der Waals surface area contributed by atoms with Gasteiger partial charge in [-0.3, -0.25) is 5.43 Å². The van der Waals surface area contributed by atoms with E-state index in [2.05, 4.69) is 10.5 Å². The first-order chi connectivity index (χ1) is 10.2. The quantitative estimate of drug-likeness (QED) is 0.682. The molecule has 2 aromatic rings. The van der Waals surface area contributed by atoms with Gasteiger partial charge in [-0.1, -0.05) is 54.1 Å². The van der Waals surface area contributed by atoms with E-state index in [1.165, 1.54) is 18.2 Å². The molecule has 0 aliphatic rings. The first kappa shape index (κ1) is 14.8. The van der Waals surface area contributed by atoms with Crippen molar-refractivity contribution in [1.82, 2.24) is 0 Å². The van der Waals surface area contributed by atoms with Crippen LogP contribution in [0.15, 0.2) is 59.7 Å². The van der Waals surface area contributed by atoms with Crippen LogP contribution in [0.3, 0.4) is 0 Å². The first-order valence-electron chi connectivity index (χ1n) is 6.18. The van der Waals surface area contributed by atoms with E-state index in [4.69, 9.17) is 11.6 Å². The molecular formula is C16H12ClN2O2-. The fourth-order valence-electron chi connectivity index (χ4n) is 1.61. The predicted octanol–water partition coefficient (Wildman–Crippen LogP) is 2.81. The number of benzene rings is 2. The summed E-state index contributed by atoms with van der Waals surface area (Å²) in [5.41, 5.74) is 4.19. The lowest BCUT2D eigenvalue weighted by molar-refractivity contribution is -0.255. The number of carbonyl (C=O) groups excluding carboxylic acids is 1. The van der Waals surface area contributed by atoms with Crippen molar-refractivity contribution in [2.45, 2.75) is 0 Å². The maximum absolute atomic E-state index is 10.8. The number of carbonyl (C=O) groups is 1. The molecule has 2 rings (SSSR count). The van der Waals surface area contributed by atoms with Crippen molar-refractivity contribution in [3.05, 3.63) is 70.8 Å². The number of hydrogen-bond donors (Lipinski definition) is 1. The number of halogens is 1. The Morgan fingerprint density at radius 2 is 1.95 bits per heavy atom. The summed E-state index contributed by atoms with van der Waals surface area (Å²) in [7, 11) is 0. The van der Waals surface area contributed by atoms with Gasteiger partial charge in [-0.25, -0.2) is 0 Å². The van der Waals surface area contributed by atoms with Crippen LogP contribution >= 0.6 is 11.6 Å². The second-order valence-corrected chi connectivity index (χ2v) is 4.55. The fraction of sp³-hybridized carbons (Fsp3) is 0. The van der Waals surface area contributed by atoms with E-state index in [-0.39, 0.29) is 5.56 Å². The topological polar surface area (TPSA) is 64.5 Å². The maximum Gasteiger partial charge on any atom is 0.0754 e. The van der Waals surface area contributed by atoms with Gasteiger partial charge in [0.2, 0.25) is 0 Å². The summed E-state index contributed by atoms with van der Waals surface area (Å²) in [5.74, 6) is -1.26. The lowest BCUT2D eigenvalue weighted by Crippen LogP contribution is -2.22. The van der Waals surface area contributed by atoms with E-state index < -0.39 is 5.97 Å². The molecule has 0 fully saturated rings. The Morgan fingerprint density at radius 3 is 2.67 bits per heavy atom. The van der Waals surface area contributed by atoms with Crippen LogP contribution in [0.25, 0.3) is 6.08 Å². The van der Waals surface area contributed by atoms with Crippen LogP contribution in [-0.2, 0) is 0 Å². The minimum Gasteiger partial charge on any atom is -0.545 e. The van der Waals surface area contributed by atoms with Crippen LogP contribution in [0, 0.1) is 0 Å². The third-order valence-corrected chi connectivity index (χ3v) is 2.97.